The van der Waals surface area contributed by atoms with E-state index in [1.54, 1.807) is 17.0 Å². The van der Waals surface area contributed by atoms with Gasteiger partial charge in [-0.05, 0) is 51.0 Å². The van der Waals surface area contributed by atoms with Gasteiger partial charge in [-0.1, -0.05) is 55.8 Å². The van der Waals surface area contributed by atoms with Crippen LogP contribution >= 0.6 is 11.6 Å². The molecule has 0 radical (unpaired) electrons. The Morgan fingerprint density at radius 1 is 1.24 bits per heavy atom. The summed E-state index contributed by atoms with van der Waals surface area (Å²) >= 11 is 6.08. The molecular weight excluding hydrogens is 495 g/mol. The maximum Gasteiger partial charge on any atom is 0.317 e. The summed E-state index contributed by atoms with van der Waals surface area (Å²) in [6.07, 6.45) is 9.02. The number of aliphatic hydroxyl groups is 1. The van der Waals surface area contributed by atoms with Gasteiger partial charge in [-0.25, -0.2) is 9.18 Å². The normalized spacial score (nSPS) is 22.1. The molecule has 3 rings (SSSR count). The lowest BCUT2D eigenvalue weighted by Crippen LogP contribution is -2.55. The van der Waals surface area contributed by atoms with E-state index in [-0.39, 0.29) is 46.9 Å². The van der Waals surface area contributed by atoms with Gasteiger partial charge in [0.2, 0.25) is 5.91 Å². The number of hydrogen-bond acceptors (Lipinski definition) is 4. The zero-order valence-corrected chi connectivity index (χ0v) is 23.0. The number of hydrogen-bond donors (Lipinski definition) is 4. The molecule has 0 aromatic heterocycles. The smallest absolute Gasteiger partial charge is 0.317 e. The van der Waals surface area contributed by atoms with E-state index in [0.717, 1.165) is 6.42 Å². The van der Waals surface area contributed by atoms with Gasteiger partial charge >= 0.3 is 6.03 Å². The van der Waals surface area contributed by atoms with Gasteiger partial charge in [-0.15, -0.1) is 0 Å². The molecule has 1 saturated heterocycles. The molecule has 1 aliphatic carbocycles. The van der Waals surface area contributed by atoms with Gasteiger partial charge in [0.1, 0.15) is 5.82 Å². The Bertz CT molecular complexity index is 911. The highest BCUT2D eigenvalue weighted by molar-refractivity contribution is 6.30. The number of benzene rings is 1. The molecule has 1 aromatic carbocycles. The van der Waals surface area contributed by atoms with Crippen molar-refractivity contribution in [1.29, 1.82) is 0 Å². The molecule has 4 unspecified atom stereocenters. The van der Waals surface area contributed by atoms with Crippen molar-refractivity contribution in [1.82, 2.24) is 15.5 Å². The third-order valence-corrected chi connectivity index (χ3v) is 8.46. The van der Waals surface area contributed by atoms with E-state index in [0.29, 0.717) is 44.8 Å². The second kappa shape index (κ2) is 13.8. The van der Waals surface area contributed by atoms with E-state index >= 15 is 4.39 Å². The molecule has 1 saturated carbocycles. The van der Waals surface area contributed by atoms with Crippen LogP contribution in [0.3, 0.4) is 0 Å². The summed E-state index contributed by atoms with van der Waals surface area (Å²) in [4.78, 5) is 26.4. The molecule has 1 aromatic rings. The maximum atomic E-state index is 15.2. The first kappa shape index (κ1) is 29.7. The van der Waals surface area contributed by atoms with Crippen molar-refractivity contribution in [3.05, 3.63) is 34.6 Å². The Hall–Kier alpha value is -1.90. The highest BCUT2D eigenvalue weighted by atomic mass is 35.5. The summed E-state index contributed by atoms with van der Waals surface area (Å²) in [6, 6.07) is 4.19. The Kier molecular flexibility index (Phi) is 11.0. The fraction of sp³-hybridized carbons (Fsp3) is 0.714. The summed E-state index contributed by atoms with van der Waals surface area (Å²) in [5.74, 6) is -0.602. The van der Waals surface area contributed by atoms with Crippen molar-refractivity contribution >= 4 is 23.5 Å². The average molecular weight is 539 g/mol. The van der Waals surface area contributed by atoms with E-state index in [1.807, 2.05) is 6.92 Å². The van der Waals surface area contributed by atoms with Gasteiger partial charge in [0.25, 0.3) is 0 Å². The topological polar surface area (TPSA) is 108 Å². The number of nitrogens with two attached hydrogens (primary N) is 1. The second-order valence-corrected chi connectivity index (χ2v) is 11.5. The van der Waals surface area contributed by atoms with Crippen LogP contribution in [0.25, 0.3) is 0 Å². The summed E-state index contributed by atoms with van der Waals surface area (Å²) in [6.45, 7) is 4.60. The van der Waals surface area contributed by atoms with Gasteiger partial charge in [-0.3, -0.25) is 4.79 Å². The molecule has 4 atom stereocenters. The minimum Gasteiger partial charge on any atom is -0.385 e. The molecule has 9 heteroatoms. The number of piperidine rings is 1. The largest absolute Gasteiger partial charge is 0.385 e. The third kappa shape index (κ3) is 8.04. The van der Waals surface area contributed by atoms with Gasteiger partial charge < -0.3 is 26.4 Å². The average Bonchev–Trinajstić information content (AvgIpc) is 2.88. The second-order valence-electron chi connectivity index (χ2n) is 11.1. The standard InChI is InChI=1S/C28H44ClFN4O3/c1-19(31)25(17-21-9-4-3-5-10-21)33-27(36)34-16-7-11-22(18-34)28(37,14-8-15-32-20(2)35)23-12-6-13-24(29)26(23)30/h6,12-13,19,21-22,25,37H,3-5,7-11,14-18,31H2,1-2H3,(H,32,35)(H,33,36). The minimum absolute atomic E-state index is 0.0503. The number of halogens is 2. The van der Waals surface area contributed by atoms with E-state index in [9.17, 15) is 14.7 Å². The zero-order valence-electron chi connectivity index (χ0n) is 22.3. The van der Waals surface area contributed by atoms with Gasteiger partial charge in [-0.2, -0.15) is 0 Å². The van der Waals surface area contributed by atoms with E-state index < -0.39 is 11.4 Å². The van der Waals surface area contributed by atoms with Crippen molar-refractivity contribution in [3.8, 4) is 0 Å². The van der Waals surface area contributed by atoms with Gasteiger partial charge in [0.15, 0.2) is 0 Å². The van der Waals surface area contributed by atoms with Crippen molar-refractivity contribution in [2.45, 2.75) is 95.7 Å². The van der Waals surface area contributed by atoms with E-state index in [1.165, 1.54) is 45.1 Å². The molecule has 2 fully saturated rings. The fourth-order valence-electron chi connectivity index (χ4n) is 6.01. The number of rotatable bonds is 10. The van der Waals surface area contributed by atoms with E-state index in [2.05, 4.69) is 10.6 Å². The SMILES string of the molecule is CC(=O)NCCCC(O)(c1cccc(Cl)c1F)C1CCCN(C(=O)NC(CC2CCCCC2)C(C)N)C1. The van der Waals surface area contributed by atoms with Crippen LogP contribution in [0.1, 0.15) is 83.6 Å². The lowest BCUT2D eigenvalue weighted by atomic mass is 9.74. The van der Waals surface area contributed by atoms with Gasteiger partial charge in [0.05, 0.1) is 10.6 Å². The molecular formula is C28H44ClFN4O3. The summed E-state index contributed by atoms with van der Waals surface area (Å²) in [7, 11) is 0. The maximum absolute atomic E-state index is 15.2. The van der Waals surface area contributed by atoms with Crippen molar-refractivity contribution in [2.75, 3.05) is 19.6 Å². The van der Waals surface area contributed by atoms with Crippen LogP contribution < -0.4 is 16.4 Å². The van der Waals surface area contributed by atoms with Crippen LogP contribution in [-0.2, 0) is 10.4 Å². The summed E-state index contributed by atoms with van der Waals surface area (Å²) < 4.78 is 15.2. The first-order chi connectivity index (χ1) is 17.6. The Morgan fingerprint density at radius 3 is 2.65 bits per heavy atom. The van der Waals surface area contributed by atoms with Crippen LogP contribution in [-0.4, -0.2) is 53.7 Å². The number of carbonyl (C=O) groups is 2. The zero-order chi connectivity index (χ0) is 27.0. The first-order valence-electron chi connectivity index (χ1n) is 13.8. The van der Waals surface area contributed by atoms with Crippen LogP contribution in [0, 0.1) is 17.7 Å². The minimum atomic E-state index is -1.53. The molecule has 5 N–H and O–H groups in total. The quantitative estimate of drug-likeness (QED) is 0.324. The molecule has 0 bridgehead atoms. The highest BCUT2D eigenvalue weighted by Gasteiger charge is 2.43. The Morgan fingerprint density at radius 2 is 1.97 bits per heavy atom. The highest BCUT2D eigenvalue weighted by Crippen LogP contribution is 2.41. The summed E-state index contributed by atoms with van der Waals surface area (Å²) in [5, 5.41) is 17.8. The molecule has 0 spiro atoms. The predicted molar refractivity (Wildman–Crippen MR) is 145 cm³/mol. The number of nitrogens with one attached hydrogen (secondary N) is 2. The van der Waals surface area contributed by atoms with Crippen LogP contribution in [0.4, 0.5) is 9.18 Å². The number of likely N-dealkylation sites (tertiary alicyclic amines) is 1. The molecule has 37 heavy (non-hydrogen) atoms. The lowest BCUT2D eigenvalue weighted by molar-refractivity contribution is -0.119. The van der Waals surface area contributed by atoms with Crippen molar-refractivity contribution in [3.63, 3.8) is 0 Å². The lowest BCUT2D eigenvalue weighted by Gasteiger charge is -2.43. The monoisotopic (exact) mass is 538 g/mol. The Labute approximate surface area is 225 Å². The van der Waals surface area contributed by atoms with Crippen molar-refractivity contribution < 1.29 is 19.1 Å². The third-order valence-electron chi connectivity index (χ3n) is 8.17. The molecule has 3 amide bonds. The molecule has 1 aliphatic heterocycles. The molecule has 7 nitrogen and oxygen atoms in total. The number of urea groups is 1. The predicted octanol–water partition coefficient (Wildman–Crippen LogP) is 4.69. The molecule has 2 aliphatic rings. The van der Waals surface area contributed by atoms with Crippen LogP contribution in [0.2, 0.25) is 5.02 Å². The number of carbonyl (C=O) groups excluding carboxylic acids is 2. The molecule has 208 valence electrons. The first-order valence-corrected chi connectivity index (χ1v) is 14.2. The van der Waals surface area contributed by atoms with Gasteiger partial charge in [0, 0.05) is 50.1 Å². The van der Waals surface area contributed by atoms with Crippen molar-refractivity contribution in [2.24, 2.45) is 17.6 Å². The number of nitrogens with zero attached hydrogens (tertiary/aromatic N) is 1. The summed E-state index contributed by atoms with van der Waals surface area (Å²) in [5.41, 5.74) is 4.87. The van der Waals surface area contributed by atoms with Crippen LogP contribution in [0.15, 0.2) is 18.2 Å². The number of amides is 3. The fourth-order valence-corrected chi connectivity index (χ4v) is 6.18. The van der Waals surface area contributed by atoms with E-state index in [4.69, 9.17) is 17.3 Å². The van der Waals surface area contributed by atoms with Crippen LogP contribution in [0.5, 0.6) is 0 Å². The Balaban J connectivity index is 1.74. The molecule has 1 heterocycles.